The fraction of sp³-hybridized carbons (Fsp3) is 0.524. The van der Waals surface area contributed by atoms with Crippen molar-refractivity contribution in [3.63, 3.8) is 0 Å². The number of alkyl halides is 4. The molecular formula is C21H23F4N7O4. The van der Waals surface area contributed by atoms with Gasteiger partial charge in [0.2, 0.25) is 0 Å². The number of rotatable bonds is 7. The average Bonchev–Trinajstić information content (AvgIpc) is 3.14. The van der Waals surface area contributed by atoms with Gasteiger partial charge in [0, 0.05) is 18.7 Å². The first-order valence-corrected chi connectivity index (χ1v) is 11.1. The van der Waals surface area contributed by atoms with E-state index < -0.39 is 36.3 Å². The molecule has 0 radical (unpaired) electrons. The van der Waals surface area contributed by atoms with E-state index in [1.54, 1.807) is 0 Å². The Hall–Kier alpha value is -3.46. The van der Waals surface area contributed by atoms with Crippen molar-refractivity contribution in [3.8, 4) is 0 Å². The third kappa shape index (κ3) is 4.93. The van der Waals surface area contributed by atoms with Gasteiger partial charge in [-0.15, -0.1) is 0 Å². The number of alkyl carbamates (subject to hydrolysis) is 1. The van der Waals surface area contributed by atoms with Crippen molar-refractivity contribution < 1.29 is 36.6 Å². The highest BCUT2D eigenvalue weighted by Crippen LogP contribution is 2.36. The molecule has 15 heteroatoms. The molecule has 2 aliphatic rings. The van der Waals surface area contributed by atoms with E-state index in [0.29, 0.717) is 5.69 Å². The van der Waals surface area contributed by atoms with Gasteiger partial charge in [-0.25, -0.2) is 18.7 Å². The number of hydrogen-bond donors (Lipinski definition) is 3. The van der Waals surface area contributed by atoms with Crippen LogP contribution in [0.3, 0.4) is 0 Å². The lowest BCUT2D eigenvalue weighted by Crippen LogP contribution is -2.39. The zero-order valence-corrected chi connectivity index (χ0v) is 19.2. The lowest BCUT2D eigenvalue weighted by Gasteiger charge is -2.17. The smallest absolute Gasteiger partial charge is 0.434 e. The Morgan fingerprint density at radius 3 is 2.83 bits per heavy atom. The summed E-state index contributed by atoms with van der Waals surface area (Å²) in [4.78, 5) is 15.7. The number of carbonyl (C=O) groups is 1. The van der Waals surface area contributed by atoms with Crippen LogP contribution in [0.1, 0.15) is 43.0 Å². The number of ether oxygens (including phenoxy) is 3. The lowest BCUT2D eigenvalue weighted by atomic mass is 10.1. The first-order chi connectivity index (χ1) is 17.0. The molecule has 1 saturated carbocycles. The highest BCUT2D eigenvalue weighted by Gasteiger charge is 2.44. The molecule has 1 amide bonds. The van der Waals surface area contributed by atoms with Gasteiger partial charge in [0.25, 0.3) is 0 Å². The molecule has 3 aromatic rings. The van der Waals surface area contributed by atoms with E-state index in [2.05, 4.69) is 30.9 Å². The summed E-state index contributed by atoms with van der Waals surface area (Å²) in [5, 5.41) is 16.1. The van der Waals surface area contributed by atoms with Crippen LogP contribution in [0.2, 0.25) is 0 Å². The molecule has 4 heterocycles. The zero-order valence-electron chi connectivity index (χ0n) is 19.2. The van der Waals surface area contributed by atoms with Crippen LogP contribution in [0.5, 0.6) is 0 Å². The molecule has 3 N–H and O–H groups in total. The Labute approximate surface area is 201 Å². The van der Waals surface area contributed by atoms with Crippen LogP contribution in [-0.2, 0) is 27.0 Å². The van der Waals surface area contributed by atoms with Crippen molar-refractivity contribution >= 4 is 23.2 Å². The molecule has 0 unspecified atom stereocenters. The summed E-state index contributed by atoms with van der Waals surface area (Å²) < 4.78 is 71.8. The second-order valence-corrected chi connectivity index (χ2v) is 9.03. The van der Waals surface area contributed by atoms with Crippen LogP contribution in [0.15, 0.2) is 18.3 Å². The Balaban J connectivity index is 1.32. The van der Waals surface area contributed by atoms with E-state index in [1.807, 2.05) is 6.92 Å². The van der Waals surface area contributed by atoms with E-state index >= 15 is 0 Å². The normalized spacial score (nSPS) is 23.1. The zero-order chi connectivity index (χ0) is 25.7. The molecule has 1 aliphatic heterocycles. The van der Waals surface area contributed by atoms with Crippen LogP contribution in [-0.4, -0.2) is 62.4 Å². The molecule has 1 aliphatic carbocycles. The second-order valence-electron chi connectivity index (χ2n) is 9.03. The largest absolute Gasteiger partial charge is 0.441 e. The number of hydrogen-bond acceptors (Lipinski definition) is 8. The average molecular weight is 513 g/mol. The summed E-state index contributed by atoms with van der Waals surface area (Å²) in [5.41, 5.74) is -0.614. The Morgan fingerprint density at radius 1 is 1.36 bits per heavy atom. The topological polar surface area (TPSA) is 128 Å². The van der Waals surface area contributed by atoms with E-state index in [9.17, 15) is 22.4 Å². The molecule has 194 valence electrons. The van der Waals surface area contributed by atoms with Crippen LogP contribution in [0.25, 0.3) is 5.52 Å². The van der Waals surface area contributed by atoms with Gasteiger partial charge in [-0.2, -0.15) is 23.4 Å². The van der Waals surface area contributed by atoms with Gasteiger partial charge in [0.1, 0.15) is 11.6 Å². The number of amides is 1. The number of carbonyl (C=O) groups excluding carboxylic acids is 1. The van der Waals surface area contributed by atoms with Crippen LogP contribution in [0.4, 0.5) is 34.0 Å². The maximum atomic E-state index is 15.0. The van der Waals surface area contributed by atoms with Crippen molar-refractivity contribution in [3.05, 3.63) is 35.4 Å². The van der Waals surface area contributed by atoms with Crippen LogP contribution in [0, 0.1) is 0 Å². The maximum Gasteiger partial charge on any atom is 0.434 e. The van der Waals surface area contributed by atoms with Gasteiger partial charge in [0.05, 0.1) is 30.8 Å². The number of fused-ring (bicyclic) bond motifs is 1. The van der Waals surface area contributed by atoms with Crippen molar-refractivity contribution in [2.75, 3.05) is 19.0 Å². The summed E-state index contributed by atoms with van der Waals surface area (Å²) in [6.45, 7) is 1.79. The second kappa shape index (κ2) is 8.89. The number of H-pyrrole nitrogens is 1. The van der Waals surface area contributed by atoms with Crippen molar-refractivity contribution in [2.45, 2.75) is 56.5 Å². The van der Waals surface area contributed by atoms with Crippen LogP contribution >= 0.6 is 0 Å². The van der Waals surface area contributed by atoms with Crippen molar-refractivity contribution in [1.29, 1.82) is 0 Å². The molecule has 36 heavy (non-hydrogen) atoms. The molecule has 3 atom stereocenters. The molecule has 11 nitrogen and oxygen atoms in total. The molecule has 0 spiro atoms. The fourth-order valence-electron chi connectivity index (χ4n) is 3.82. The van der Waals surface area contributed by atoms with Crippen molar-refractivity contribution in [1.82, 2.24) is 30.1 Å². The molecule has 0 aromatic carbocycles. The number of methoxy groups -OCH3 is 1. The number of aromatic nitrogens is 5. The number of anilines is 2. The first kappa shape index (κ1) is 24.2. The highest BCUT2D eigenvalue weighted by molar-refractivity contribution is 5.73. The minimum Gasteiger partial charge on any atom is -0.441 e. The van der Waals surface area contributed by atoms with Crippen molar-refractivity contribution in [2.24, 2.45) is 0 Å². The van der Waals surface area contributed by atoms with Gasteiger partial charge in [-0.1, -0.05) is 0 Å². The lowest BCUT2D eigenvalue weighted by molar-refractivity contribution is -0.141. The Bertz CT molecular complexity index is 1270. The molecule has 5 rings (SSSR count). The van der Waals surface area contributed by atoms with Crippen LogP contribution < -0.4 is 10.6 Å². The van der Waals surface area contributed by atoms with Gasteiger partial charge in [-0.05, 0) is 25.8 Å². The molecule has 1 saturated heterocycles. The molecule has 3 aromatic heterocycles. The fourth-order valence-corrected chi connectivity index (χ4v) is 3.82. The minimum atomic E-state index is -4.72. The van der Waals surface area contributed by atoms with E-state index in [-0.39, 0.29) is 41.6 Å². The molecule has 2 fully saturated rings. The number of halogens is 4. The predicted molar refractivity (Wildman–Crippen MR) is 115 cm³/mol. The number of nitrogens with zero attached hydrogens (tertiary/aromatic N) is 4. The standard InChI is InChI=1S/C21H23F4N7O4/c1-20(3-4-20)28-19(33)36-13-9-35-17(16(13)22)11-6-15(30-29-11)27-18-12-5-10(8-34-2)31-32(12)7-14(26-18)21(23,24)25/h5-7,13,16-17H,3-4,8-9H2,1-2H3,(H,28,33)(H2,26,27,29,30)/t13-,16-,17-/m1/s1. The third-order valence-electron chi connectivity index (χ3n) is 5.99. The quantitative estimate of drug-likeness (QED) is 0.410. The molecular weight excluding hydrogens is 490 g/mol. The summed E-state index contributed by atoms with van der Waals surface area (Å²) in [7, 11) is 1.44. The van der Waals surface area contributed by atoms with Gasteiger partial charge in [-0.3, -0.25) is 5.10 Å². The first-order valence-electron chi connectivity index (χ1n) is 11.1. The third-order valence-corrected chi connectivity index (χ3v) is 5.99. The van der Waals surface area contributed by atoms with E-state index in [4.69, 9.17) is 14.2 Å². The maximum absolute atomic E-state index is 15.0. The molecule has 0 bridgehead atoms. The number of aromatic amines is 1. The van der Waals surface area contributed by atoms with Gasteiger partial charge in [0.15, 0.2) is 29.6 Å². The van der Waals surface area contributed by atoms with Gasteiger partial charge < -0.3 is 24.8 Å². The monoisotopic (exact) mass is 513 g/mol. The van der Waals surface area contributed by atoms with Gasteiger partial charge >= 0.3 is 12.3 Å². The van der Waals surface area contributed by atoms with E-state index in [0.717, 1.165) is 23.6 Å². The number of nitrogens with one attached hydrogen (secondary N) is 3. The highest BCUT2D eigenvalue weighted by atomic mass is 19.4. The SMILES string of the molecule is COCc1cc2c(Nc3cc([C@H]4OC[C@@H](OC(=O)NC5(C)CC5)[C@H]4F)[nH]n3)nc(C(F)(F)F)cn2n1. The minimum absolute atomic E-state index is 0.0767. The summed E-state index contributed by atoms with van der Waals surface area (Å²) >= 11 is 0. The summed E-state index contributed by atoms with van der Waals surface area (Å²) in [6, 6.07) is 2.91. The summed E-state index contributed by atoms with van der Waals surface area (Å²) in [5.74, 6) is -0.0823. The summed E-state index contributed by atoms with van der Waals surface area (Å²) in [6.07, 6.45) is -6.91. The Morgan fingerprint density at radius 2 is 2.14 bits per heavy atom. The van der Waals surface area contributed by atoms with E-state index in [1.165, 1.54) is 19.2 Å². The predicted octanol–water partition coefficient (Wildman–Crippen LogP) is 3.42. The Kier molecular flexibility index (Phi) is 5.98.